The quantitative estimate of drug-likeness (QED) is 0.729. The molecule has 2 aromatic carbocycles. The van der Waals surface area contributed by atoms with Gasteiger partial charge in [-0.2, -0.15) is 0 Å². The lowest BCUT2D eigenvalue weighted by Crippen LogP contribution is -2.36. The topological polar surface area (TPSA) is 29.5 Å². The summed E-state index contributed by atoms with van der Waals surface area (Å²) in [5.74, 6) is 0.752. The predicted octanol–water partition coefficient (Wildman–Crippen LogP) is 4.46. The number of hydrogen-bond donors (Lipinski definition) is 0. The first-order chi connectivity index (χ1) is 12.1. The van der Waals surface area contributed by atoms with Gasteiger partial charge in [0, 0.05) is 30.8 Å². The highest BCUT2D eigenvalue weighted by atomic mass is 16.5. The molecule has 25 heavy (non-hydrogen) atoms. The maximum absolute atomic E-state index is 12.4. The third-order valence-corrected chi connectivity index (χ3v) is 4.85. The Bertz CT molecular complexity index is 683. The van der Waals surface area contributed by atoms with E-state index in [1.165, 1.54) is 16.8 Å². The third kappa shape index (κ3) is 4.70. The molecule has 2 aromatic rings. The van der Waals surface area contributed by atoms with Gasteiger partial charge in [0.1, 0.15) is 0 Å². The van der Waals surface area contributed by atoms with Crippen molar-refractivity contribution in [2.24, 2.45) is 0 Å². The molecule has 3 rings (SSSR count). The smallest absolute Gasteiger partial charge is 0.163 e. The van der Waals surface area contributed by atoms with Gasteiger partial charge in [0.15, 0.2) is 5.78 Å². The molecule has 0 radical (unpaired) electrons. The van der Waals surface area contributed by atoms with Crippen molar-refractivity contribution in [1.29, 1.82) is 0 Å². The average Bonchev–Trinajstić information content (AvgIpc) is 2.67. The summed E-state index contributed by atoms with van der Waals surface area (Å²) in [5.41, 5.74) is 4.54. The van der Waals surface area contributed by atoms with Crippen LogP contribution in [0.3, 0.4) is 0 Å². The number of anilines is 1. The molecular weight excluding hydrogens is 310 g/mol. The first-order valence-corrected chi connectivity index (χ1v) is 9.18. The van der Waals surface area contributed by atoms with Gasteiger partial charge in [-0.25, -0.2) is 0 Å². The van der Waals surface area contributed by atoms with Gasteiger partial charge in [-0.15, -0.1) is 0 Å². The largest absolute Gasteiger partial charge is 0.378 e. The fourth-order valence-electron chi connectivity index (χ4n) is 3.15. The number of ether oxygens (including phenoxy) is 1. The number of aryl methyl sites for hydroxylation is 1. The second-order valence-electron chi connectivity index (χ2n) is 6.97. The van der Waals surface area contributed by atoms with Gasteiger partial charge in [0.05, 0.1) is 13.2 Å². The minimum atomic E-state index is 0.210. The molecule has 0 saturated carbocycles. The summed E-state index contributed by atoms with van der Waals surface area (Å²) in [6.07, 6.45) is 1.35. The van der Waals surface area contributed by atoms with Gasteiger partial charge < -0.3 is 9.64 Å². The van der Waals surface area contributed by atoms with Gasteiger partial charge in [0.25, 0.3) is 0 Å². The normalized spacial score (nSPS) is 14.8. The Balaban J connectivity index is 1.55. The maximum Gasteiger partial charge on any atom is 0.163 e. The molecule has 0 atom stereocenters. The lowest BCUT2D eigenvalue weighted by atomic mass is 9.98. The van der Waals surface area contributed by atoms with Crippen molar-refractivity contribution in [3.63, 3.8) is 0 Å². The Hall–Kier alpha value is -2.13. The van der Waals surface area contributed by atoms with E-state index in [-0.39, 0.29) is 5.78 Å². The van der Waals surface area contributed by atoms with E-state index in [0.717, 1.165) is 38.3 Å². The molecule has 0 bridgehead atoms. The van der Waals surface area contributed by atoms with Crippen molar-refractivity contribution in [3.05, 3.63) is 65.2 Å². The summed E-state index contributed by atoms with van der Waals surface area (Å²) in [5, 5.41) is 0. The second kappa shape index (κ2) is 8.30. The van der Waals surface area contributed by atoms with Crippen LogP contribution < -0.4 is 4.90 Å². The monoisotopic (exact) mass is 337 g/mol. The van der Waals surface area contributed by atoms with Gasteiger partial charge in [-0.3, -0.25) is 4.79 Å². The fraction of sp³-hybridized carbons (Fsp3) is 0.409. The van der Waals surface area contributed by atoms with Crippen LogP contribution in [0.4, 0.5) is 5.69 Å². The number of benzene rings is 2. The van der Waals surface area contributed by atoms with E-state index in [1.54, 1.807) is 0 Å². The SMILES string of the molecule is CC(C)c1ccc(CCC(=O)c2ccc(N3CCOCC3)cc2)cc1. The number of carbonyl (C=O) groups excluding carboxylic acids is 1. The molecule has 0 amide bonds. The zero-order valence-electron chi connectivity index (χ0n) is 15.2. The van der Waals surface area contributed by atoms with E-state index in [1.807, 2.05) is 12.1 Å². The van der Waals surface area contributed by atoms with E-state index < -0.39 is 0 Å². The molecule has 1 saturated heterocycles. The van der Waals surface area contributed by atoms with Crippen molar-refractivity contribution in [3.8, 4) is 0 Å². The molecule has 0 aliphatic carbocycles. The maximum atomic E-state index is 12.4. The summed E-state index contributed by atoms with van der Waals surface area (Å²) < 4.78 is 5.38. The number of ketones is 1. The molecule has 132 valence electrons. The Morgan fingerprint density at radius 2 is 1.64 bits per heavy atom. The number of rotatable bonds is 6. The molecule has 1 fully saturated rings. The highest BCUT2D eigenvalue weighted by Crippen LogP contribution is 2.19. The van der Waals surface area contributed by atoms with Crippen LogP contribution >= 0.6 is 0 Å². The van der Waals surface area contributed by atoms with Crippen molar-refractivity contribution in [2.45, 2.75) is 32.6 Å². The summed E-state index contributed by atoms with van der Waals surface area (Å²) >= 11 is 0. The summed E-state index contributed by atoms with van der Waals surface area (Å²) in [6, 6.07) is 16.6. The van der Waals surface area contributed by atoms with Crippen LogP contribution in [0.2, 0.25) is 0 Å². The molecular formula is C22H27NO2. The second-order valence-corrected chi connectivity index (χ2v) is 6.97. The van der Waals surface area contributed by atoms with Crippen LogP contribution in [0.25, 0.3) is 0 Å². The highest BCUT2D eigenvalue weighted by Gasteiger charge is 2.12. The average molecular weight is 337 g/mol. The van der Waals surface area contributed by atoms with Crippen molar-refractivity contribution < 1.29 is 9.53 Å². The molecule has 0 unspecified atom stereocenters. The van der Waals surface area contributed by atoms with Crippen LogP contribution in [0.5, 0.6) is 0 Å². The van der Waals surface area contributed by atoms with Crippen molar-refractivity contribution in [1.82, 2.24) is 0 Å². The van der Waals surface area contributed by atoms with E-state index >= 15 is 0 Å². The summed E-state index contributed by atoms with van der Waals surface area (Å²) in [4.78, 5) is 14.7. The third-order valence-electron chi connectivity index (χ3n) is 4.85. The van der Waals surface area contributed by atoms with E-state index in [2.05, 4.69) is 55.1 Å². The molecule has 3 nitrogen and oxygen atoms in total. The molecule has 0 aromatic heterocycles. The number of hydrogen-bond acceptors (Lipinski definition) is 3. The summed E-state index contributed by atoms with van der Waals surface area (Å²) in [7, 11) is 0. The lowest BCUT2D eigenvalue weighted by molar-refractivity contribution is 0.0982. The zero-order chi connectivity index (χ0) is 17.6. The minimum absolute atomic E-state index is 0.210. The Morgan fingerprint density at radius 3 is 2.24 bits per heavy atom. The van der Waals surface area contributed by atoms with Gasteiger partial charge in [-0.05, 0) is 47.7 Å². The highest BCUT2D eigenvalue weighted by molar-refractivity contribution is 5.96. The van der Waals surface area contributed by atoms with Crippen molar-refractivity contribution in [2.75, 3.05) is 31.2 Å². The summed E-state index contributed by atoms with van der Waals surface area (Å²) in [6.45, 7) is 7.77. The molecule has 0 spiro atoms. The molecule has 1 aliphatic heterocycles. The van der Waals surface area contributed by atoms with E-state index in [0.29, 0.717) is 12.3 Å². The van der Waals surface area contributed by atoms with E-state index in [9.17, 15) is 4.79 Å². The Labute approximate surface area is 150 Å². The zero-order valence-corrected chi connectivity index (χ0v) is 15.2. The predicted molar refractivity (Wildman–Crippen MR) is 103 cm³/mol. The van der Waals surface area contributed by atoms with Gasteiger partial charge >= 0.3 is 0 Å². The first-order valence-electron chi connectivity index (χ1n) is 9.18. The van der Waals surface area contributed by atoms with Crippen LogP contribution in [-0.2, 0) is 11.2 Å². The van der Waals surface area contributed by atoms with Crippen molar-refractivity contribution >= 4 is 11.5 Å². The Kier molecular flexibility index (Phi) is 5.87. The molecule has 3 heteroatoms. The number of nitrogens with zero attached hydrogens (tertiary/aromatic N) is 1. The van der Waals surface area contributed by atoms with E-state index in [4.69, 9.17) is 4.74 Å². The number of carbonyl (C=O) groups is 1. The number of Topliss-reactive ketones (excluding diaryl/α,β-unsaturated/α-hetero) is 1. The molecule has 1 aliphatic rings. The van der Waals surface area contributed by atoms with Crippen LogP contribution in [0.1, 0.15) is 47.7 Å². The minimum Gasteiger partial charge on any atom is -0.378 e. The Morgan fingerprint density at radius 1 is 1.00 bits per heavy atom. The molecule has 1 heterocycles. The molecule has 0 N–H and O–H groups in total. The standard InChI is InChI=1S/C22H27NO2/c1-17(2)19-6-3-18(4-7-19)5-12-22(24)20-8-10-21(11-9-20)23-13-15-25-16-14-23/h3-4,6-11,17H,5,12-16H2,1-2H3. The van der Waals surface area contributed by atoms with Crippen LogP contribution in [0, 0.1) is 0 Å². The fourth-order valence-corrected chi connectivity index (χ4v) is 3.15. The van der Waals surface area contributed by atoms with Crippen LogP contribution in [-0.4, -0.2) is 32.1 Å². The van der Waals surface area contributed by atoms with Gasteiger partial charge in [-0.1, -0.05) is 38.1 Å². The van der Waals surface area contributed by atoms with Crippen LogP contribution in [0.15, 0.2) is 48.5 Å². The first kappa shape index (κ1) is 17.7. The number of morpholine rings is 1. The van der Waals surface area contributed by atoms with Gasteiger partial charge in [0.2, 0.25) is 0 Å². The lowest BCUT2D eigenvalue weighted by Gasteiger charge is -2.28.